The summed E-state index contributed by atoms with van der Waals surface area (Å²) in [6.07, 6.45) is 1.61. The molecule has 98 valence electrons. The smallest absolute Gasteiger partial charge is 0.227 e. The van der Waals surface area contributed by atoms with Crippen LogP contribution in [0.2, 0.25) is 0 Å². The number of aryl methyl sites for hydroxylation is 1. The molecule has 0 fully saturated rings. The van der Waals surface area contributed by atoms with Gasteiger partial charge in [-0.25, -0.2) is 0 Å². The van der Waals surface area contributed by atoms with Gasteiger partial charge in [0.05, 0.1) is 6.07 Å². The lowest BCUT2D eigenvalue weighted by atomic mass is 10.0. The normalized spacial score (nSPS) is 13.7. The number of nitrogens with zero attached hydrogens (tertiary/aromatic N) is 2. The molecule has 0 aliphatic carbocycles. The van der Waals surface area contributed by atoms with Crippen LogP contribution in [-0.2, 0) is 16.0 Å². The van der Waals surface area contributed by atoms with Crippen LogP contribution >= 0.6 is 0 Å². The van der Waals surface area contributed by atoms with Crippen molar-refractivity contribution in [3.63, 3.8) is 0 Å². The third kappa shape index (κ3) is 2.91. The lowest BCUT2D eigenvalue weighted by Crippen LogP contribution is -2.31. The predicted octanol–water partition coefficient (Wildman–Crippen LogP) is 1.84. The molecule has 1 aliphatic heterocycles. The maximum Gasteiger partial charge on any atom is 0.227 e. The van der Waals surface area contributed by atoms with Crippen LogP contribution in [0, 0.1) is 11.3 Å². The van der Waals surface area contributed by atoms with Crippen LogP contribution < -0.4 is 10.2 Å². The highest BCUT2D eigenvalue weighted by Crippen LogP contribution is 2.29. The van der Waals surface area contributed by atoms with Crippen molar-refractivity contribution < 1.29 is 9.59 Å². The largest absolute Gasteiger partial charge is 0.326 e. The quantitative estimate of drug-likeness (QED) is 0.897. The number of carbonyl (C=O) groups excluding carboxylic acids is 2. The van der Waals surface area contributed by atoms with Gasteiger partial charge in [0.2, 0.25) is 11.8 Å². The molecule has 5 nitrogen and oxygen atoms in total. The second-order valence-corrected chi connectivity index (χ2v) is 4.50. The van der Waals surface area contributed by atoms with Crippen LogP contribution in [0.5, 0.6) is 0 Å². The molecule has 1 N–H and O–H groups in total. The molecular weight excluding hydrogens is 242 g/mol. The summed E-state index contributed by atoms with van der Waals surface area (Å²) in [6.45, 7) is 0. The van der Waals surface area contributed by atoms with Crippen LogP contribution in [0.3, 0.4) is 0 Å². The summed E-state index contributed by atoms with van der Waals surface area (Å²) in [7, 11) is 1.76. The number of nitrogens with one attached hydrogen (secondary N) is 1. The Bertz CT molecular complexity index is 560. The molecule has 0 radical (unpaired) electrons. The standard InChI is InChI=1S/C14H15N3O2/c1-17-12-6-5-11(16-13(18)3-2-8-15)9-10(12)4-7-14(17)19/h5-6,9H,2-4,7H2,1H3,(H,16,18). The molecule has 0 bridgehead atoms. The zero-order chi connectivity index (χ0) is 13.8. The van der Waals surface area contributed by atoms with Gasteiger partial charge in [-0.1, -0.05) is 0 Å². The third-order valence-corrected chi connectivity index (χ3v) is 3.17. The Kier molecular flexibility index (Phi) is 3.81. The van der Waals surface area contributed by atoms with Crippen molar-refractivity contribution in [1.82, 2.24) is 0 Å². The van der Waals surface area contributed by atoms with E-state index < -0.39 is 0 Å². The molecule has 1 heterocycles. The first kappa shape index (κ1) is 13.1. The highest BCUT2D eigenvalue weighted by Gasteiger charge is 2.20. The maximum absolute atomic E-state index is 11.6. The number of fused-ring (bicyclic) bond motifs is 1. The van der Waals surface area contributed by atoms with Gasteiger partial charge in [-0.3, -0.25) is 9.59 Å². The molecule has 0 saturated carbocycles. The fourth-order valence-corrected chi connectivity index (χ4v) is 2.13. The van der Waals surface area contributed by atoms with Crippen molar-refractivity contribution in [2.75, 3.05) is 17.3 Å². The van der Waals surface area contributed by atoms with Gasteiger partial charge in [0.25, 0.3) is 0 Å². The first-order valence-electron chi connectivity index (χ1n) is 6.18. The molecule has 1 aromatic carbocycles. The summed E-state index contributed by atoms with van der Waals surface area (Å²) < 4.78 is 0. The Morgan fingerprint density at radius 2 is 2.26 bits per heavy atom. The molecule has 5 heteroatoms. The minimum atomic E-state index is -0.165. The van der Waals surface area contributed by atoms with Crippen molar-refractivity contribution in [2.45, 2.75) is 25.7 Å². The monoisotopic (exact) mass is 257 g/mol. The SMILES string of the molecule is CN1C(=O)CCc2cc(NC(=O)CCC#N)ccc21. The van der Waals surface area contributed by atoms with Gasteiger partial charge in [0, 0.05) is 37.7 Å². The van der Waals surface area contributed by atoms with Crippen molar-refractivity contribution >= 4 is 23.2 Å². The zero-order valence-corrected chi connectivity index (χ0v) is 10.8. The minimum Gasteiger partial charge on any atom is -0.326 e. The van der Waals surface area contributed by atoms with Crippen LogP contribution in [0.1, 0.15) is 24.8 Å². The number of amides is 2. The second-order valence-electron chi connectivity index (χ2n) is 4.50. The van der Waals surface area contributed by atoms with Gasteiger partial charge in [0.1, 0.15) is 0 Å². The molecule has 0 spiro atoms. The second kappa shape index (κ2) is 5.53. The Labute approximate surface area is 111 Å². The number of hydrogen-bond acceptors (Lipinski definition) is 3. The first-order valence-corrected chi connectivity index (χ1v) is 6.18. The van der Waals surface area contributed by atoms with E-state index in [9.17, 15) is 9.59 Å². The number of carbonyl (C=O) groups is 2. The molecule has 19 heavy (non-hydrogen) atoms. The van der Waals surface area contributed by atoms with Crippen molar-refractivity contribution in [3.05, 3.63) is 23.8 Å². The first-order chi connectivity index (χ1) is 9.11. The van der Waals surface area contributed by atoms with Crippen LogP contribution in [0.15, 0.2) is 18.2 Å². The van der Waals surface area contributed by atoms with E-state index in [1.807, 2.05) is 18.2 Å². The summed E-state index contributed by atoms with van der Waals surface area (Å²) in [4.78, 5) is 24.7. The molecule has 2 amide bonds. The third-order valence-electron chi connectivity index (χ3n) is 3.17. The molecule has 2 rings (SSSR count). The number of rotatable bonds is 3. The summed E-state index contributed by atoms with van der Waals surface area (Å²) >= 11 is 0. The van der Waals surface area contributed by atoms with E-state index in [-0.39, 0.29) is 24.7 Å². The summed E-state index contributed by atoms with van der Waals surface area (Å²) in [6, 6.07) is 7.45. The Balaban J connectivity index is 2.12. The molecule has 0 atom stereocenters. The lowest BCUT2D eigenvalue weighted by molar-refractivity contribution is -0.118. The van der Waals surface area contributed by atoms with E-state index in [1.54, 1.807) is 18.0 Å². The average Bonchev–Trinajstić information content (AvgIpc) is 2.41. The topological polar surface area (TPSA) is 73.2 Å². The van der Waals surface area contributed by atoms with Gasteiger partial charge in [-0.2, -0.15) is 5.26 Å². The maximum atomic E-state index is 11.6. The van der Waals surface area contributed by atoms with E-state index in [1.165, 1.54) is 0 Å². The highest BCUT2D eigenvalue weighted by molar-refractivity contribution is 5.97. The average molecular weight is 257 g/mol. The van der Waals surface area contributed by atoms with Crippen molar-refractivity contribution in [2.24, 2.45) is 0 Å². The van der Waals surface area contributed by atoms with Gasteiger partial charge >= 0.3 is 0 Å². The van der Waals surface area contributed by atoms with Gasteiger partial charge in [0.15, 0.2) is 0 Å². The van der Waals surface area contributed by atoms with Gasteiger partial charge in [-0.05, 0) is 30.2 Å². The van der Waals surface area contributed by atoms with E-state index in [2.05, 4.69) is 5.32 Å². The van der Waals surface area contributed by atoms with Gasteiger partial charge in [-0.15, -0.1) is 0 Å². The van der Waals surface area contributed by atoms with E-state index >= 15 is 0 Å². The highest BCUT2D eigenvalue weighted by atomic mass is 16.2. The fourth-order valence-electron chi connectivity index (χ4n) is 2.13. The number of nitriles is 1. The predicted molar refractivity (Wildman–Crippen MR) is 71.6 cm³/mol. The Morgan fingerprint density at radius 3 is 3.00 bits per heavy atom. The van der Waals surface area contributed by atoms with Gasteiger partial charge < -0.3 is 10.2 Å². The van der Waals surface area contributed by atoms with E-state index in [0.717, 1.165) is 11.3 Å². The van der Waals surface area contributed by atoms with Crippen LogP contribution in [-0.4, -0.2) is 18.9 Å². The molecule has 0 saturated heterocycles. The lowest BCUT2D eigenvalue weighted by Gasteiger charge is -2.26. The van der Waals surface area contributed by atoms with E-state index in [4.69, 9.17) is 5.26 Å². The minimum absolute atomic E-state index is 0.110. The summed E-state index contributed by atoms with van der Waals surface area (Å²) in [5, 5.41) is 11.2. The number of anilines is 2. The Morgan fingerprint density at radius 1 is 1.47 bits per heavy atom. The molecule has 1 aromatic rings. The summed E-state index contributed by atoms with van der Waals surface area (Å²) in [5.41, 5.74) is 2.66. The summed E-state index contributed by atoms with van der Waals surface area (Å²) in [5.74, 6) is -0.0555. The Hall–Kier alpha value is -2.35. The molecule has 0 unspecified atom stereocenters. The van der Waals surface area contributed by atoms with Crippen LogP contribution in [0.25, 0.3) is 0 Å². The molecule has 0 aromatic heterocycles. The fraction of sp³-hybridized carbons (Fsp3) is 0.357. The zero-order valence-electron chi connectivity index (χ0n) is 10.8. The molecular formula is C14H15N3O2. The molecule has 1 aliphatic rings. The van der Waals surface area contributed by atoms with Crippen LogP contribution in [0.4, 0.5) is 11.4 Å². The van der Waals surface area contributed by atoms with Crippen molar-refractivity contribution in [1.29, 1.82) is 5.26 Å². The number of hydrogen-bond donors (Lipinski definition) is 1. The number of benzene rings is 1. The van der Waals surface area contributed by atoms with E-state index in [0.29, 0.717) is 18.5 Å². The van der Waals surface area contributed by atoms with Crippen molar-refractivity contribution in [3.8, 4) is 6.07 Å².